The highest BCUT2D eigenvalue weighted by Gasteiger charge is 2.32. The number of hydrogen-bond donors (Lipinski definition) is 8. The maximum atomic E-state index is 13.6. The summed E-state index contributed by atoms with van der Waals surface area (Å²) in [5.74, 6) is -5.61. The van der Waals surface area contributed by atoms with Crippen molar-refractivity contribution in [3.05, 3.63) is 278 Å². The summed E-state index contributed by atoms with van der Waals surface area (Å²) in [5.41, 5.74) is 16.0. The number of ether oxygens (including phenoxy) is 6. The number of amides is 5. The van der Waals surface area contributed by atoms with E-state index in [2.05, 4.69) is 36.6 Å². The number of aliphatic hydroxyl groups is 1. The number of aliphatic hydroxyl groups excluding tert-OH is 1. The fourth-order valence-corrected chi connectivity index (χ4v) is 15.3. The molecule has 3 aliphatic heterocycles. The van der Waals surface area contributed by atoms with Crippen LogP contribution >= 0.6 is 81.2 Å². The van der Waals surface area contributed by atoms with Crippen LogP contribution in [-0.4, -0.2) is 121 Å². The van der Waals surface area contributed by atoms with E-state index >= 15 is 0 Å². The average Bonchev–Trinajstić information content (AvgIpc) is 1.83. The summed E-state index contributed by atoms with van der Waals surface area (Å²) >= 11 is 40.3. The van der Waals surface area contributed by atoms with Crippen LogP contribution < -0.4 is 66.5 Å². The van der Waals surface area contributed by atoms with Crippen molar-refractivity contribution >= 4 is 151 Å². The molecule has 9 aromatic rings. The monoisotopic (exact) mass is 2000 g/mol. The SMILES string of the molecule is CC(N)=NCCC(NC(=O)C(=O)Cc1ccc(Cl)c(F)c1)c1ccc(Cl)cc1Cl.CC(N)=NCCC(NC(=O)C(=O)Cc1ccc(Cl)c(F)c1)c1ccc2c(c1)OCO2.CCCC(NC(=O)C(=O)Cc1ccc(Cl)c(F)c1)c1ccc2c(c1)OCO2.CCCC(NC(=O)C(=O)Cc1ccc(Cl)c(F)c1)c1ccc2c(c1)OCO2.O=C(Cc1ccc(Cl)c(F)c1)C(=O)NC1CCCCC1CO. The van der Waals surface area contributed by atoms with Gasteiger partial charge in [-0.1, -0.05) is 175 Å². The number of nitrogens with one attached hydrogen (secondary N) is 5. The molecule has 1 aliphatic carbocycles. The number of nitrogens with two attached hydrogens (primary N) is 2. The van der Waals surface area contributed by atoms with Gasteiger partial charge in [-0.25, -0.2) is 22.0 Å². The number of benzene rings is 9. The fourth-order valence-electron chi connectivity index (χ4n) is 14.2. The molecule has 1 fully saturated rings. The lowest BCUT2D eigenvalue weighted by molar-refractivity contribution is -0.138. The average molecular weight is 2000 g/mol. The maximum Gasteiger partial charge on any atom is 0.288 e. The van der Waals surface area contributed by atoms with E-state index in [4.69, 9.17) is 121 Å². The minimum atomic E-state index is -0.815. The smallest absolute Gasteiger partial charge is 0.288 e. The van der Waals surface area contributed by atoms with E-state index in [1.807, 2.05) is 38.1 Å². The van der Waals surface area contributed by atoms with Crippen LogP contribution in [0.1, 0.15) is 166 Å². The number of fused-ring (bicyclic) bond motifs is 3. The first-order chi connectivity index (χ1) is 64.5. The van der Waals surface area contributed by atoms with Gasteiger partial charge in [0.05, 0.1) is 61.0 Å². The highest BCUT2D eigenvalue weighted by atomic mass is 35.5. The molecular weight excluding hydrogens is 1910 g/mol. The number of nitrogens with zero attached hydrogens (tertiary/aromatic N) is 2. The van der Waals surface area contributed by atoms with Crippen molar-refractivity contribution in [1.29, 1.82) is 0 Å². The topological polar surface area (TPSA) is 383 Å². The number of rotatable bonds is 35. The molecule has 4 aliphatic rings. The Balaban J connectivity index is 0.000000190. The number of ketones is 5. The van der Waals surface area contributed by atoms with Crippen LogP contribution in [0.5, 0.6) is 34.5 Å². The molecule has 0 radical (unpaired) electrons. The molecule has 0 spiro atoms. The number of Topliss-reactive ketones (excluding diaryl/α,β-unsaturated/α-hetero) is 5. The molecule has 6 atom stereocenters. The first kappa shape index (κ1) is 107. The Morgan fingerprint density at radius 1 is 0.370 bits per heavy atom. The molecular formula is C97H97Cl7F5N9O17. The van der Waals surface area contributed by atoms with Crippen LogP contribution in [0.15, 0.2) is 174 Å². The van der Waals surface area contributed by atoms with Gasteiger partial charge in [-0.05, 0) is 212 Å². The molecule has 9 aromatic carbocycles. The van der Waals surface area contributed by atoms with Crippen molar-refractivity contribution in [3.63, 3.8) is 0 Å². The van der Waals surface area contributed by atoms with E-state index in [1.165, 1.54) is 60.7 Å². The van der Waals surface area contributed by atoms with Gasteiger partial charge in [0, 0.05) is 73.8 Å². The maximum absolute atomic E-state index is 13.6. The molecule has 6 unspecified atom stereocenters. The molecule has 0 bridgehead atoms. The Morgan fingerprint density at radius 3 is 0.970 bits per heavy atom. The number of amidine groups is 2. The Bertz CT molecular complexity index is 5710. The Hall–Kier alpha value is -11.9. The number of carbonyl (C=O) groups excluding carboxylic acids is 10. The second kappa shape index (κ2) is 52.8. The third-order valence-corrected chi connectivity index (χ3v) is 23.2. The van der Waals surface area contributed by atoms with Crippen LogP contribution in [0.25, 0.3) is 0 Å². The molecule has 0 aromatic heterocycles. The van der Waals surface area contributed by atoms with E-state index < -0.39 is 99.6 Å². The highest BCUT2D eigenvalue weighted by molar-refractivity contribution is 6.40. The van der Waals surface area contributed by atoms with Crippen molar-refractivity contribution in [2.24, 2.45) is 27.4 Å². The van der Waals surface area contributed by atoms with E-state index in [0.29, 0.717) is 128 Å². The standard InChI is InChI=1S/C21H21ClFN3O4.C20H19Cl3FN3O2.2C20H19ClFNO4.C16H19ClFNO3/c1-12(24)25-7-6-17(14-3-5-19-20(10-14)30-11-29-19)26-21(28)18(27)9-13-2-4-15(22)16(23)8-13;1-11(25)26-7-6-18(14-4-3-13(21)10-16(14)23)27-20(29)19(28)9-12-2-5-15(22)17(24)8-12;2*1-2-3-16(13-5-7-18-19(10-13)27-11-26-18)23-20(25)17(24)9-12-4-6-14(21)15(22)8-12;17-12-6-5-10(7-13(12)18)8-15(21)16(22)19-14-4-2-1-3-11(14)9-20/h2-5,8,10,17H,6-7,9,11H2,1H3,(H2,24,25)(H,26,28);2-5,8,10,18H,6-7,9H2,1H3,(H2,25,26)(H,27,29);2*4-8,10,16H,2-3,9,11H2,1H3,(H,23,25);5-7,11,14,20H,1-4,8-9H2,(H,19,22). The van der Waals surface area contributed by atoms with Crippen LogP contribution in [-0.2, 0) is 80.0 Å². The number of halogens is 12. The first-order valence-corrected chi connectivity index (χ1v) is 45.3. The van der Waals surface area contributed by atoms with Crippen molar-refractivity contribution in [2.75, 3.05) is 40.1 Å². The van der Waals surface area contributed by atoms with Crippen LogP contribution in [0.3, 0.4) is 0 Å². The van der Waals surface area contributed by atoms with Crippen molar-refractivity contribution in [1.82, 2.24) is 26.6 Å². The fraction of sp³-hybridized carbons (Fsp3) is 0.320. The minimum Gasteiger partial charge on any atom is -0.454 e. The van der Waals surface area contributed by atoms with E-state index in [0.717, 1.165) is 85.5 Å². The van der Waals surface area contributed by atoms with E-state index in [9.17, 15) is 75.0 Å². The highest BCUT2D eigenvalue weighted by Crippen LogP contribution is 2.39. The summed E-state index contributed by atoms with van der Waals surface area (Å²) in [5, 5.41) is 23.6. The summed E-state index contributed by atoms with van der Waals surface area (Å²) in [6.45, 7) is 8.44. The molecule has 38 heteroatoms. The van der Waals surface area contributed by atoms with Gasteiger partial charge in [-0.15, -0.1) is 0 Å². The summed E-state index contributed by atoms with van der Waals surface area (Å²) in [6, 6.07) is 39.2. The molecule has 26 nitrogen and oxygen atoms in total. The van der Waals surface area contributed by atoms with Gasteiger partial charge in [-0.2, -0.15) is 0 Å². The Morgan fingerprint density at radius 2 is 0.667 bits per heavy atom. The van der Waals surface area contributed by atoms with Crippen LogP contribution in [0, 0.1) is 35.0 Å². The number of aliphatic imine (C=N–C) groups is 2. The van der Waals surface area contributed by atoms with Gasteiger partial charge in [0.1, 0.15) is 29.1 Å². The quantitative estimate of drug-likeness (QED) is 0.00791. The summed E-state index contributed by atoms with van der Waals surface area (Å²) < 4.78 is 99.5. The summed E-state index contributed by atoms with van der Waals surface area (Å²) in [4.78, 5) is 131. The molecule has 716 valence electrons. The molecule has 13 rings (SSSR count). The lowest BCUT2D eigenvalue weighted by Crippen LogP contribution is -2.46. The first-order valence-electron chi connectivity index (χ1n) is 42.6. The van der Waals surface area contributed by atoms with Gasteiger partial charge in [0.2, 0.25) is 49.3 Å². The Labute approximate surface area is 810 Å². The van der Waals surface area contributed by atoms with E-state index in [1.54, 1.807) is 62.4 Å². The van der Waals surface area contributed by atoms with Crippen molar-refractivity contribution < 1.29 is 103 Å². The third kappa shape index (κ3) is 33.2. The second-order valence-corrected chi connectivity index (χ2v) is 34.2. The molecule has 1 saturated carbocycles. The van der Waals surface area contributed by atoms with Crippen molar-refractivity contribution in [2.45, 2.75) is 154 Å². The Kier molecular flexibility index (Phi) is 41.7. The van der Waals surface area contributed by atoms with Crippen LogP contribution in [0.4, 0.5) is 22.0 Å². The lowest BCUT2D eigenvalue weighted by Gasteiger charge is -2.30. The van der Waals surface area contributed by atoms with Gasteiger partial charge in [0.15, 0.2) is 34.5 Å². The van der Waals surface area contributed by atoms with Gasteiger partial charge in [0.25, 0.3) is 29.5 Å². The predicted molar refractivity (Wildman–Crippen MR) is 503 cm³/mol. The van der Waals surface area contributed by atoms with Crippen molar-refractivity contribution in [3.8, 4) is 34.5 Å². The zero-order valence-corrected chi connectivity index (χ0v) is 78.8. The third-order valence-electron chi connectivity index (χ3n) is 21.1. The molecule has 135 heavy (non-hydrogen) atoms. The largest absolute Gasteiger partial charge is 0.454 e. The van der Waals surface area contributed by atoms with E-state index in [-0.39, 0.29) is 108 Å². The zero-order chi connectivity index (χ0) is 98.1. The second-order valence-electron chi connectivity index (χ2n) is 31.4. The molecule has 0 saturated heterocycles. The van der Waals surface area contributed by atoms with Crippen LogP contribution in [0.2, 0.25) is 35.2 Å². The predicted octanol–water partition coefficient (Wildman–Crippen LogP) is 17.7. The van der Waals surface area contributed by atoms with Gasteiger partial charge in [-0.3, -0.25) is 57.9 Å². The summed E-state index contributed by atoms with van der Waals surface area (Å²) in [7, 11) is 0. The summed E-state index contributed by atoms with van der Waals surface area (Å²) in [6.07, 6.45) is 6.28. The van der Waals surface area contributed by atoms with Gasteiger partial charge < -0.3 is 71.6 Å². The normalized spacial score (nSPS) is 14.6. The molecule has 3 heterocycles. The number of carbonyl (C=O) groups is 10. The van der Waals surface area contributed by atoms with Gasteiger partial charge >= 0.3 is 0 Å². The minimum absolute atomic E-state index is 0.00141. The zero-order valence-electron chi connectivity index (χ0n) is 73.5. The molecule has 10 N–H and O–H groups in total. The lowest BCUT2D eigenvalue weighted by atomic mass is 9.85. The number of hydrogen-bond acceptors (Lipinski definition) is 19. The molecule has 5 amide bonds.